The number of aromatic nitrogens is 2. The van der Waals surface area contributed by atoms with E-state index in [9.17, 15) is 8.78 Å². The van der Waals surface area contributed by atoms with Crippen molar-refractivity contribution < 1.29 is 23.0 Å². The fraction of sp³-hybridized carbons (Fsp3) is 0.474. The third-order valence-electron chi connectivity index (χ3n) is 4.19. The van der Waals surface area contributed by atoms with Gasteiger partial charge in [0.1, 0.15) is 16.9 Å². The summed E-state index contributed by atoms with van der Waals surface area (Å²) in [7, 11) is 0. The fourth-order valence-electron chi connectivity index (χ4n) is 2.66. The van der Waals surface area contributed by atoms with Crippen LogP contribution in [0.15, 0.2) is 29.4 Å². The van der Waals surface area contributed by atoms with Gasteiger partial charge in [-0.15, -0.1) is 0 Å². The van der Waals surface area contributed by atoms with Gasteiger partial charge in [-0.2, -0.15) is 4.98 Å². The van der Waals surface area contributed by atoms with E-state index >= 15 is 0 Å². The second kappa shape index (κ2) is 8.10. The molecule has 0 aliphatic carbocycles. The zero-order valence-electron chi connectivity index (χ0n) is 16.0. The van der Waals surface area contributed by atoms with Gasteiger partial charge in [0, 0.05) is 17.4 Å². The average Bonchev–Trinajstić information content (AvgIpc) is 2.96. The molecule has 28 heavy (non-hydrogen) atoms. The van der Waals surface area contributed by atoms with Crippen LogP contribution in [0.1, 0.15) is 33.3 Å². The van der Waals surface area contributed by atoms with E-state index in [0.717, 1.165) is 17.8 Å². The third-order valence-corrected chi connectivity index (χ3v) is 5.28. The quantitative estimate of drug-likeness (QED) is 0.365. The number of benzene rings is 1. The molecule has 1 aromatic carbocycles. The molecule has 0 unspecified atom stereocenters. The lowest BCUT2D eigenvalue weighted by molar-refractivity contribution is -0.159. The minimum Gasteiger partial charge on any atom is -0.469 e. The van der Waals surface area contributed by atoms with E-state index in [1.165, 1.54) is 18.2 Å². The molecule has 0 amide bonds. The Kier molecular flexibility index (Phi) is 6.14. The van der Waals surface area contributed by atoms with Crippen molar-refractivity contribution >= 4 is 23.4 Å². The van der Waals surface area contributed by atoms with Crippen LogP contribution in [0.25, 0.3) is 0 Å². The molecular formula is C19H21ClF2N2O3S. The highest BCUT2D eigenvalue weighted by atomic mass is 35.5. The summed E-state index contributed by atoms with van der Waals surface area (Å²) in [5.41, 5.74) is -0.516. The van der Waals surface area contributed by atoms with Crippen molar-refractivity contribution in [1.29, 1.82) is 0 Å². The summed E-state index contributed by atoms with van der Waals surface area (Å²) in [6.45, 7) is 7.80. The number of thioether (sulfide) groups is 1. The molecule has 9 heteroatoms. The fourth-order valence-corrected chi connectivity index (χ4v) is 3.71. The first-order chi connectivity index (χ1) is 13.1. The SMILES string of the molecule is CC1(C)OC[C@H](C(C)(C)Oc2cc(Cl)nc(SCc3cccc(F)c3F)n2)O1. The summed E-state index contributed by atoms with van der Waals surface area (Å²) in [6.07, 6.45) is -0.297. The largest absolute Gasteiger partial charge is 0.469 e. The number of nitrogens with zero attached hydrogens (tertiary/aromatic N) is 2. The van der Waals surface area contributed by atoms with Gasteiger partial charge in [-0.3, -0.25) is 0 Å². The Balaban J connectivity index is 1.71. The summed E-state index contributed by atoms with van der Waals surface area (Å²) in [4.78, 5) is 8.44. The number of hydrogen-bond donors (Lipinski definition) is 0. The van der Waals surface area contributed by atoms with Crippen molar-refractivity contribution in [2.45, 2.75) is 56.1 Å². The molecule has 2 aromatic rings. The molecule has 152 valence electrons. The normalized spacial score (nSPS) is 19.0. The predicted octanol–water partition coefficient (Wildman–Crippen LogP) is 5.01. The summed E-state index contributed by atoms with van der Waals surface area (Å²) in [6, 6.07) is 5.53. The Hall–Kier alpha value is -1.48. The van der Waals surface area contributed by atoms with Crippen molar-refractivity contribution in [2.75, 3.05) is 6.61 Å². The van der Waals surface area contributed by atoms with Gasteiger partial charge in [0.2, 0.25) is 5.88 Å². The van der Waals surface area contributed by atoms with Crippen LogP contribution in [0.2, 0.25) is 5.15 Å². The highest BCUT2D eigenvalue weighted by Gasteiger charge is 2.43. The van der Waals surface area contributed by atoms with E-state index in [0.29, 0.717) is 11.8 Å². The van der Waals surface area contributed by atoms with Crippen molar-refractivity contribution in [3.8, 4) is 5.88 Å². The van der Waals surface area contributed by atoms with Gasteiger partial charge in [0.15, 0.2) is 22.6 Å². The first-order valence-corrected chi connectivity index (χ1v) is 10.0. The van der Waals surface area contributed by atoms with Gasteiger partial charge in [-0.25, -0.2) is 13.8 Å². The second-order valence-electron chi connectivity index (χ2n) is 7.34. The molecule has 1 saturated heterocycles. The molecule has 1 fully saturated rings. The van der Waals surface area contributed by atoms with E-state index in [-0.39, 0.29) is 28.5 Å². The lowest BCUT2D eigenvalue weighted by atomic mass is 10.0. The zero-order valence-corrected chi connectivity index (χ0v) is 17.5. The molecule has 0 radical (unpaired) electrons. The Labute approximate surface area is 171 Å². The molecule has 1 aromatic heterocycles. The third kappa shape index (κ3) is 5.11. The predicted molar refractivity (Wildman–Crippen MR) is 103 cm³/mol. The second-order valence-corrected chi connectivity index (χ2v) is 8.67. The summed E-state index contributed by atoms with van der Waals surface area (Å²) >= 11 is 7.22. The lowest BCUT2D eigenvalue weighted by Crippen LogP contribution is -2.44. The molecular weight excluding hydrogens is 410 g/mol. The van der Waals surface area contributed by atoms with E-state index in [4.69, 9.17) is 25.8 Å². The highest BCUT2D eigenvalue weighted by Crippen LogP contribution is 2.33. The molecule has 5 nitrogen and oxygen atoms in total. The molecule has 0 bridgehead atoms. The van der Waals surface area contributed by atoms with Crippen molar-refractivity contribution in [2.24, 2.45) is 0 Å². The van der Waals surface area contributed by atoms with Gasteiger partial charge < -0.3 is 14.2 Å². The number of ether oxygens (including phenoxy) is 3. The standard InChI is InChI=1S/C19H21ClF2N2O3S/c1-18(2,13-9-25-19(3,4)26-13)27-15-8-14(20)23-17(24-15)28-10-11-6-5-7-12(21)16(11)22/h5-8,13H,9-10H2,1-4H3/t13-/m1/s1. The molecule has 1 aliphatic heterocycles. The Bertz CT molecular complexity index is 867. The summed E-state index contributed by atoms with van der Waals surface area (Å²) in [5.74, 6) is -2.03. The minimum absolute atomic E-state index is 0.153. The van der Waals surface area contributed by atoms with Gasteiger partial charge >= 0.3 is 0 Å². The van der Waals surface area contributed by atoms with Crippen LogP contribution >= 0.6 is 23.4 Å². The van der Waals surface area contributed by atoms with Gasteiger partial charge in [-0.05, 0) is 33.8 Å². The van der Waals surface area contributed by atoms with Crippen LogP contribution in [0, 0.1) is 11.6 Å². The average molecular weight is 431 g/mol. The summed E-state index contributed by atoms with van der Waals surface area (Å²) < 4.78 is 44.6. The van der Waals surface area contributed by atoms with E-state index in [1.54, 1.807) is 0 Å². The molecule has 2 heterocycles. The maximum Gasteiger partial charge on any atom is 0.219 e. The van der Waals surface area contributed by atoms with Gasteiger partial charge in [-0.1, -0.05) is 35.5 Å². The van der Waals surface area contributed by atoms with Crippen LogP contribution in [0.5, 0.6) is 5.88 Å². The van der Waals surface area contributed by atoms with Gasteiger partial charge in [0.25, 0.3) is 0 Å². The lowest BCUT2D eigenvalue weighted by Gasteiger charge is -2.31. The molecule has 1 aliphatic rings. The van der Waals surface area contributed by atoms with E-state index in [2.05, 4.69) is 9.97 Å². The maximum atomic E-state index is 13.8. The molecule has 3 rings (SSSR count). The molecule has 1 atom stereocenters. The topological polar surface area (TPSA) is 53.5 Å². The summed E-state index contributed by atoms with van der Waals surface area (Å²) in [5, 5.41) is 0.484. The first-order valence-electron chi connectivity index (χ1n) is 8.67. The van der Waals surface area contributed by atoms with Crippen molar-refractivity contribution in [3.63, 3.8) is 0 Å². The smallest absolute Gasteiger partial charge is 0.219 e. The molecule has 0 N–H and O–H groups in total. The van der Waals surface area contributed by atoms with E-state index < -0.39 is 23.0 Å². The minimum atomic E-state index is -0.891. The van der Waals surface area contributed by atoms with Crippen LogP contribution in [-0.2, 0) is 15.2 Å². The Morgan fingerprint density at radius 2 is 2.07 bits per heavy atom. The zero-order chi connectivity index (χ0) is 20.5. The van der Waals surface area contributed by atoms with Gasteiger partial charge in [0.05, 0.1) is 6.61 Å². The maximum absolute atomic E-state index is 13.8. The number of hydrogen-bond acceptors (Lipinski definition) is 6. The van der Waals surface area contributed by atoms with Crippen molar-refractivity contribution in [3.05, 3.63) is 46.6 Å². The Morgan fingerprint density at radius 3 is 2.75 bits per heavy atom. The van der Waals surface area contributed by atoms with Crippen molar-refractivity contribution in [1.82, 2.24) is 9.97 Å². The highest BCUT2D eigenvalue weighted by molar-refractivity contribution is 7.98. The van der Waals surface area contributed by atoms with Crippen LogP contribution < -0.4 is 4.74 Å². The van der Waals surface area contributed by atoms with Crippen LogP contribution in [0.4, 0.5) is 8.78 Å². The first kappa shape index (κ1) is 21.2. The number of halogens is 3. The number of rotatable bonds is 6. The van der Waals surface area contributed by atoms with Crippen LogP contribution in [0.3, 0.4) is 0 Å². The monoisotopic (exact) mass is 430 g/mol. The molecule has 0 saturated carbocycles. The Morgan fingerprint density at radius 1 is 1.32 bits per heavy atom. The van der Waals surface area contributed by atoms with E-state index in [1.807, 2.05) is 27.7 Å². The molecule has 0 spiro atoms. The van der Waals surface area contributed by atoms with Crippen LogP contribution in [-0.4, -0.2) is 34.1 Å².